The number of carboxylic acids is 1. The second-order valence-electron chi connectivity index (χ2n) is 4.75. The second-order valence-corrected chi connectivity index (χ2v) is 4.75. The lowest BCUT2D eigenvalue weighted by atomic mass is 9.99. The zero-order chi connectivity index (χ0) is 14.3. The van der Waals surface area contributed by atoms with Crippen LogP contribution < -0.4 is 0 Å². The molecule has 7 heteroatoms. The summed E-state index contributed by atoms with van der Waals surface area (Å²) in [7, 11) is 0. The highest BCUT2D eigenvalue weighted by atomic mass is 19.1. The van der Waals surface area contributed by atoms with Crippen molar-refractivity contribution in [2.24, 2.45) is 5.92 Å². The van der Waals surface area contributed by atoms with E-state index in [1.165, 1.54) is 6.07 Å². The number of hydrogen-bond donors (Lipinski definition) is 1. The van der Waals surface area contributed by atoms with Crippen molar-refractivity contribution in [2.75, 3.05) is 0 Å². The van der Waals surface area contributed by atoms with E-state index < -0.39 is 23.5 Å². The van der Waals surface area contributed by atoms with Gasteiger partial charge in [-0.15, -0.1) is 10.2 Å². The minimum absolute atomic E-state index is 0.121. The Morgan fingerprint density at radius 1 is 1.35 bits per heavy atom. The Kier molecular flexibility index (Phi) is 2.96. The van der Waals surface area contributed by atoms with Crippen molar-refractivity contribution in [2.45, 2.75) is 19.4 Å². The molecule has 0 spiro atoms. The number of aliphatic carboxylic acids is 1. The highest BCUT2D eigenvalue weighted by Gasteiger charge is 2.28. The lowest BCUT2D eigenvalue weighted by Crippen LogP contribution is -2.27. The number of halogens is 2. The molecule has 1 N–H and O–H groups in total. The quantitative estimate of drug-likeness (QED) is 0.911. The Labute approximate surface area is 112 Å². The van der Waals surface area contributed by atoms with Gasteiger partial charge in [-0.05, 0) is 18.6 Å². The molecule has 5 nitrogen and oxygen atoms in total. The van der Waals surface area contributed by atoms with Gasteiger partial charge in [0.05, 0.1) is 11.5 Å². The Hall–Kier alpha value is -2.31. The van der Waals surface area contributed by atoms with Crippen LogP contribution in [-0.4, -0.2) is 25.8 Å². The van der Waals surface area contributed by atoms with Crippen LogP contribution >= 0.6 is 0 Å². The average molecular weight is 279 g/mol. The molecular weight excluding hydrogens is 268 g/mol. The van der Waals surface area contributed by atoms with Gasteiger partial charge in [-0.1, -0.05) is 0 Å². The van der Waals surface area contributed by atoms with E-state index in [1.54, 1.807) is 4.57 Å². The van der Waals surface area contributed by atoms with E-state index in [1.807, 2.05) is 0 Å². The first-order valence-electron chi connectivity index (χ1n) is 6.16. The molecule has 2 aromatic rings. The van der Waals surface area contributed by atoms with Gasteiger partial charge in [-0.25, -0.2) is 8.78 Å². The summed E-state index contributed by atoms with van der Waals surface area (Å²) in [5, 5.41) is 16.9. The SMILES string of the molecule is O=C(O)C1CCc2nnc(-c3ccc(F)cc3F)n2C1. The van der Waals surface area contributed by atoms with E-state index in [0.717, 1.165) is 12.1 Å². The topological polar surface area (TPSA) is 68.0 Å². The van der Waals surface area contributed by atoms with Gasteiger partial charge in [0.15, 0.2) is 5.82 Å². The maximum atomic E-state index is 13.8. The fourth-order valence-corrected chi connectivity index (χ4v) is 2.40. The van der Waals surface area contributed by atoms with Gasteiger partial charge in [0.25, 0.3) is 0 Å². The lowest BCUT2D eigenvalue weighted by Gasteiger charge is -2.21. The highest BCUT2D eigenvalue weighted by molar-refractivity contribution is 5.70. The number of aryl methyl sites for hydroxylation is 1. The Morgan fingerprint density at radius 2 is 2.15 bits per heavy atom. The minimum atomic E-state index is -0.894. The van der Waals surface area contributed by atoms with Crippen LogP contribution in [-0.2, 0) is 17.8 Å². The Bertz CT molecular complexity index is 684. The third-order valence-electron chi connectivity index (χ3n) is 3.47. The molecule has 104 valence electrons. The van der Waals surface area contributed by atoms with Crippen LogP contribution in [0.1, 0.15) is 12.2 Å². The van der Waals surface area contributed by atoms with Gasteiger partial charge in [0.2, 0.25) is 0 Å². The summed E-state index contributed by atoms with van der Waals surface area (Å²) >= 11 is 0. The molecule has 1 aromatic carbocycles. The Balaban J connectivity index is 2.04. The molecular formula is C13H11F2N3O2. The van der Waals surface area contributed by atoms with Crippen molar-refractivity contribution >= 4 is 5.97 Å². The number of nitrogens with zero attached hydrogens (tertiary/aromatic N) is 3. The molecule has 0 fully saturated rings. The molecule has 1 aliphatic heterocycles. The monoisotopic (exact) mass is 279 g/mol. The molecule has 1 aromatic heterocycles. The smallest absolute Gasteiger partial charge is 0.308 e. The van der Waals surface area contributed by atoms with Crippen molar-refractivity contribution in [3.05, 3.63) is 35.7 Å². The molecule has 0 bridgehead atoms. The third-order valence-corrected chi connectivity index (χ3v) is 3.47. The molecule has 1 aliphatic rings. The highest BCUT2D eigenvalue weighted by Crippen LogP contribution is 2.27. The van der Waals surface area contributed by atoms with Crippen LogP contribution in [0, 0.1) is 17.6 Å². The van der Waals surface area contributed by atoms with E-state index in [9.17, 15) is 13.6 Å². The van der Waals surface area contributed by atoms with Crippen molar-refractivity contribution in [1.82, 2.24) is 14.8 Å². The molecule has 0 saturated carbocycles. The fourth-order valence-electron chi connectivity index (χ4n) is 2.40. The molecule has 0 saturated heterocycles. The van der Waals surface area contributed by atoms with E-state index in [2.05, 4.69) is 10.2 Å². The van der Waals surface area contributed by atoms with Crippen LogP contribution in [0.4, 0.5) is 8.78 Å². The maximum absolute atomic E-state index is 13.8. The first-order valence-corrected chi connectivity index (χ1v) is 6.16. The third kappa shape index (κ3) is 2.04. The van der Waals surface area contributed by atoms with Gasteiger partial charge < -0.3 is 9.67 Å². The number of rotatable bonds is 2. The zero-order valence-corrected chi connectivity index (χ0v) is 10.4. The van der Waals surface area contributed by atoms with E-state index in [0.29, 0.717) is 18.7 Å². The molecule has 20 heavy (non-hydrogen) atoms. The number of benzene rings is 1. The van der Waals surface area contributed by atoms with Gasteiger partial charge in [0, 0.05) is 19.0 Å². The predicted molar refractivity (Wildman–Crippen MR) is 64.8 cm³/mol. The van der Waals surface area contributed by atoms with Crippen molar-refractivity contribution < 1.29 is 18.7 Å². The molecule has 3 rings (SSSR count). The normalized spacial score (nSPS) is 17.8. The van der Waals surface area contributed by atoms with Crippen molar-refractivity contribution in [3.8, 4) is 11.4 Å². The lowest BCUT2D eigenvalue weighted by molar-refractivity contribution is -0.142. The number of hydrogen-bond acceptors (Lipinski definition) is 3. The van der Waals surface area contributed by atoms with Gasteiger partial charge >= 0.3 is 5.97 Å². The summed E-state index contributed by atoms with van der Waals surface area (Å²) in [4.78, 5) is 11.1. The maximum Gasteiger partial charge on any atom is 0.308 e. The van der Waals surface area contributed by atoms with Gasteiger partial charge in [-0.2, -0.15) is 0 Å². The fraction of sp³-hybridized carbons (Fsp3) is 0.308. The van der Waals surface area contributed by atoms with E-state index in [-0.39, 0.29) is 17.9 Å². The van der Waals surface area contributed by atoms with Crippen LogP contribution in [0.2, 0.25) is 0 Å². The summed E-state index contributed by atoms with van der Waals surface area (Å²) in [5.74, 6) is -1.98. The van der Waals surface area contributed by atoms with Gasteiger partial charge in [-0.3, -0.25) is 4.79 Å². The summed E-state index contributed by atoms with van der Waals surface area (Å²) in [6.07, 6.45) is 0.964. The van der Waals surface area contributed by atoms with Crippen LogP contribution in [0.25, 0.3) is 11.4 Å². The summed E-state index contributed by atoms with van der Waals surface area (Å²) in [6, 6.07) is 3.19. The molecule has 0 amide bonds. The summed E-state index contributed by atoms with van der Waals surface area (Å²) in [5.41, 5.74) is 0.121. The van der Waals surface area contributed by atoms with Gasteiger partial charge in [0.1, 0.15) is 17.5 Å². The predicted octanol–water partition coefficient (Wildman–Crippen LogP) is 1.87. The summed E-state index contributed by atoms with van der Waals surface area (Å²) in [6.45, 7) is 0.198. The van der Waals surface area contributed by atoms with Crippen molar-refractivity contribution in [1.29, 1.82) is 0 Å². The van der Waals surface area contributed by atoms with Crippen LogP contribution in [0.15, 0.2) is 18.2 Å². The van der Waals surface area contributed by atoms with E-state index >= 15 is 0 Å². The first-order chi connectivity index (χ1) is 9.56. The second kappa shape index (κ2) is 4.66. The average Bonchev–Trinajstić information content (AvgIpc) is 2.81. The molecule has 1 atom stereocenters. The Morgan fingerprint density at radius 3 is 2.85 bits per heavy atom. The van der Waals surface area contributed by atoms with Crippen LogP contribution in [0.3, 0.4) is 0 Å². The largest absolute Gasteiger partial charge is 0.481 e. The molecule has 0 radical (unpaired) electrons. The molecule has 1 unspecified atom stereocenters. The molecule has 2 heterocycles. The van der Waals surface area contributed by atoms with Crippen LogP contribution in [0.5, 0.6) is 0 Å². The number of fused-ring (bicyclic) bond motifs is 1. The van der Waals surface area contributed by atoms with Crippen molar-refractivity contribution in [3.63, 3.8) is 0 Å². The zero-order valence-electron chi connectivity index (χ0n) is 10.4. The number of carbonyl (C=O) groups is 1. The first kappa shape index (κ1) is 12.7. The minimum Gasteiger partial charge on any atom is -0.481 e. The molecule has 0 aliphatic carbocycles. The van der Waals surface area contributed by atoms with E-state index in [4.69, 9.17) is 5.11 Å². The number of carboxylic acid groups (broad SMARTS) is 1. The standard InChI is InChI=1S/C13H11F2N3O2/c14-8-2-3-9(10(15)5-8)12-17-16-11-4-1-7(13(19)20)6-18(11)12/h2-3,5,7H,1,4,6H2,(H,19,20). The summed E-state index contributed by atoms with van der Waals surface area (Å²) < 4.78 is 28.3. The number of aromatic nitrogens is 3.